The molecule has 0 radical (unpaired) electrons. The zero-order chi connectivity index (χ0) is 14.0. The Morgan fingerprint density at radius 2 is 1.85 bits per heavy atom. The van der Waals surface area contributed by atoms with Gasteiger partial charge in [0.1, 0.15) is 0 Å². The molecule has 1 aliphatic carbocycles. The van der Waals surface area contributed by atoms with Gasteiger partial charge in [0.2, 0.25) is 0 Å². The second-order valence-corrected chi connectivity index (χ2v) is 6.37. The number of fused-ring (bicyclic) bond motifs is 1. The largest absolute Gasteiger partial charge is 0.396 e. The Balaban J connectivity index is 1.69. The SMILES string of the molecule is CN(Cc1ccc2ccccc2c1)CC1(CO)CCC1. The number of hydrogen-bond acceptors (Lipinski definition) is 2. The molecule has 0 aromatic heterocycles. The monoisotopic (exact) mass is 269 g/mol. The van der Waals surface area contributed by atoms with Crippen molar-refractivity contribution in [2.24, 2.45) is 5.41 Å². The molecule has 0 atom stereocenters. The highest BCUT2D eigenvalue weighted by atomic mass is 16.3. The van der Waals surface area contributed by atoms with Gasteiger partial charge >= 0.3 is 0 Å². The van der Waals surface area contributed by atoms with Crippen LogP contribution in [-0.2, 0) is 6.54 Å². The van der Waals surface area contributed by atoms with E-state index in [4.69, 9.17) is 0 Å². The summed E-state index contributed by atoms with van der Waals surface area (Å²) >= 11 is 0. The van der Waals surface area contributed by atoms with E-state index in [1.165, 1.54) is 35.6 Å². The third kappa shape index (κ3) is 2.72. The molecule has 0 amide bonds. The zero-order valence-electron chi connectivity index (χ0n) is 12.2. The summed E-state index contributed by atoms with van der Waals surface area (Å²) in [5, 5.41) is 12.2. The van der Waals surface area contributed by atoms with E-state index < -0.39 is 0 Å². The van der Waals surface area contributed by atoms with Crippen LogP contribution in [0, 0.1) is 5.41 Å². The molecule has 0 saturated heterocycles. The normalized spacial score (nSPS) is 17.4. The lowest BCUT2D eigenvalue weighted by molar-refractivity contribution is 0.0127. The van der Waals surface area contributed by atoms with Crippen molar-refractivity contribution in [3.8, 4) is 0 Å². The summed E-state index contributed by atoms with van der Waals surface area (Å²) in [5.41, 5.74) is 1.52. The van der Waals surface area contributed by atoms with Gasteiger partial charge in [0.25, 0.3) is 0 Å². The maximum Gasteiger partial charge on any atom is 0.0499 e. The number of rotatable bonds is 5. The molecule has 0 spiro atoms. The molecule has 106 valence electrons. The van der Waals surface area contributed by atoms with Gasteiger partial charge in [-0.15, -0.1) is 0 Å². The summed E-state index contributed by atoms with van der Waals surface area (Å²) in [4.78, 5) is 2.35. The second-order valence-electron chi connectivity index (χ2n) is 6.37. The van der Waals surface area contributed by atoms with Crippen molar-refractivity contribution in [2.75, 3.05) is 20.2 Å². The number of benzene rings is 2. The van der Waals surface area contributed by atoms with Crippen LogP contribution in [0.2, 0.25) is 0 Å². The number of aliphatic hydroxyl groups excluding tert-OH is 1. The first-order chi connectivity index (χ1) is 9.71. The average molecular weight is 269 g/mol. The summed E-state index contributed by atoms with van der Waals surface area (Å²) in [7, 11) is 2.16. The number of nitrogens with zero attached hydrogens (tertiary/aromatic N) is 1. The van der Waals surface area contributed by atoms with E-state index in [1.807, 2.05) is 0 Å². The van der Waals surface area contributed by atoms with Crippen molar-refractivity contribution in [3.63, 3.8) is 0 Å². The molecule has 2 heteroatoms. The summed E-state index contributed by atoms with van der Waals surface area (Å²) in [5.74, 6) is 0. The molecule has 2 aromatic carbocycles. The maximum absolute atomic E-state index is 9.57. The Bertz CT molecular complexity index is 583. The van der Waals surface area contributed by atoms with Crippen molar-refractivity contribution in [1.82, 2.24) is 4.90 Å². The van der Waals surface area contributed by atoms with Crippen LogP contribution in [0.4, 0.5) is 0 Å². The summed E-state index contributed by atoms with van der Waals surface area (Å²) in [6.07, 6.45) is 3.61. The molecule has 2 nitrogen and oxygen atoms in total. The highest BCUT2D eigenvalue weighted by Crippen LogP contribution is 2.41. The zero-order valence-corrected chi connectivity index (χ0v) is 12.2. The molecule has 0 heterocycles. The molecule has 1 aliphatic rings. The second kappa shape index (κ2) is 5.55. The predicted octanol–water partition coefficient (Wildman–Crippen LogP) is 3.43. The van der Waals surface area contributed by atoms with E-state index in [9.17, 15) is 5.11 Å². The number of aliphatic hydroxyl groups is 1. The first-order valence-electron chi connectivity index (χ1n) is 7.48. The van der Waals surface area contributed by atoms with E-state index in [2.05, 4.69) is 54.4 Å². The highest BCUT2D eigenvalue weighted by Gasteiger charge is 2.37. The van der Waals surface area contributed by atoms with E-state index in [1.54, 1.807) is 0 Å². The van der Waals surface area contributed by atoms with Crippen LogP contribution in [0.1, 0.15) is 24.8 Å². The molecule has 1 fully saturated rings. The summed E-state index contributed by atoms with van der Waals surface area (Å²) < 4.78 is 0. The van der Waals surface area contributed by atoms with Crippen molar-refractivity contribution >= 4 is 10.8 Å². The first kappa shape index (κ1) is 13.6. The summed E-state index contributed by atoms with van der Waals surface area (Å²) in [6, 6.07) is 15.2. The van der Waals surface area contributed by atoms with Crippen LogP contribution >= 0.6 is 0 Å². The van der Waals surface area contributed by atoms with Crippen LogP contribution in [0.3, 0.4) is 0 Å². The minimum Gasteiger partial charge on any atom is -0.396 e. The van der Waals surface area contributed by atoms with E-state index in [0.29, 0.717) is 6.61 Å². The van der Waals surface area contributed by atoms with E-state index >= 15 is 0 Å². The molecular formula is C18H23NO. The highest BCUT2D eigenvalue weighted by molar-refractivity contribution is 5.82. The standard InChI is InChI=1S/C18H23NO/c1-19(13-18(14-20)9-4-10-18)12-15-7-8-16-5-2-3-6-17(16)11-15/h2-3,5-8,11,20H,4,9-10,12-14H2,1H3. The van der Waals surface area contributed by atoms with Gasteiger partial charge in [-0.3, -0.25) is 0 Å². The van der Waals surface area contributed by atoms with E-state index in [0.717, 1.165) is 13.1 Å². The number of hydrogen-bond donors (Lipinski definition) is 1. The van der Waals surface area contributed by atoms with Crippen molar-refractivity contribution in [3.05, 3.63) is 48.0 Å². The fraction of sp³-hybridized carbons (Fsp3) is 0.444. The lowest BCUT2D eigenvalue weighted by Crippen LogP contribution is -2.43. The predicted molar refractivity (Wildman–Crippen MR) is 83.7 cm³/mol. The molecule has 0 aliphatic heterocycles. The van der Waals surface area contributed by atoms with E-state index in [-0.39, 0.29) is 5.41 Å². The first-order valence-corrected chi connectivity index (χ1v) is 7.48. The van der Waals surface area contributed by atoms with Gasteiger partial charge in [-0.05, 0) is 42.3 Å². The van der Waals surface area contributed by atoms with Gasteiger partial charge in [-0.1, -0.05) is 42.8 Å². The van der Waals surface area contributed by atoms with Crippen molar-refractivity contribution in [1.29, 1.82) is 0 Å². The van der Waals surface area contributed by atoms with Crippen LogP contribution in [-0.4, -0.2) is 30.2 Å². The molecule has 1 saturated carbocycles. The van der Waals surface area contributed by atoms with Crippen LogP contribution in [0.25, 0.3) is 10.8 Å². The molecule has 0 bridgehead atoms. The Hall–Kier alpha value is -1.38. The molecule has 3 rings (SSSR count). The lowest BCUT2D eigenvalue weighted by Gasteiger charge is -2.43. The van der Waals surface area contributed by atoms with Crippen LogP contribution in [0.5, 0.6) is 0 Å². The topological polar surface area (TPSA) is 23.5 Å². The Labute approximate surface area is 121 Å². The quantitative estimate of drug-likeness (QED) is 0.899. The van der Waals surface area contributed by atoms with Gasteiger partial charge < -0.3 is 10.0 Å². The van der Waals surface area contributed by atoms with Gasteiger partial charge in [-0.25, -0.2) is 0 Å². The fourth-order valence-corrected chi connectivity index (χ4v) is 3.32. The minimum absolute atomic E-state index is 0.172. The molecule has 1 N–H and O–H groups in total. The molecule has 0 unspecified atom stereocenters. The Morgan fingerprint density at radius 1 is 1.10 bits per heavy atom. The summed E-state index contributed by atoms with van der Waals surface area (Å²) in [6.45, 7) is 2.28. The Morgan fingerprint density at radius 3 is 2.50 bits per heavy atom. The van der Waals surface area contributed by atoms with Crippen LogP contribution < -0.4 is 0 Å². The average Bonchev–Trinajstić information content (AvgIpc) is 2.43. The molecular weight excluding hydrogens is 246 g/mol. The molecule has 2 aromatic rings. The van der Waals surface area contributed by atoms with Crippen molar-refractivity contribution in [2.45, 2.75) is 25.8 Å². The smallest absolute Gasteiger partial charge is 0.0499 e. The fourth-order valence-electron chi connectivity index (χ4n) is 3.32. The van der Waals surface area contributed by atoms with Crippen LogP contribution in [0.15, 0.2) is 42.5 Å². The lowest BCUT2D eigenvalue weighted by atomic mass is 9.69. The van der Waals surface area contributed by atoms with Gasteiger partial charge in [0.15, 0.2) is 0 Å². The van der Waals surface area contributed by atoms with Crippen molar-refractivity contribution < 1.29 is 5.11 Å². The third-order valence-electron chi connectivity index (χ3n) is 4.62. The molecule has 20 heavy (non-hydrogen) atoms. The maximum atomic E-state index is 9.57. The Kier molecular flexibility index (Phi) is 3.77. The third-order valence-corrected chi connectivity index (χ3v) is 4.62. The van der Waals surface area contributed by atoms with Gasteiger partial charge in [-0.2, -0.15) is 0 Å². The minimum atomic E-state index is 0.172. The van der Waals surface area contributed by atoms with Gasteiger partial charge in [0, 0.05) is 25.1 Å². The van der Waals surface area contributed by atoms with Gasteiger partial charge in [0.05, 0.1) is 0 Å².